The van der Waals surface area contributed by atoms with Gasteiger partial charge in [0, 0.05) is 37.9 Å². The van der Waals surface area contributed by atoms with Crippen LogP contribution in [0.2, 0.25) is 0 Å². The minimum atomic E-state index is -0.306. The predicted molar refractivity (Wildman–Crippen MR) is 138 cm³/mol. The summed E-state index contributed by atoms with van der Waals surface area (Å²) in [6.45, 7) is 1.11. The van der Waals surface area contributed by atoms with Crippen molar-refractivity contribution in [1.82, 2.24) is 9.80 Å². The van der Waals surface area contributed by atoms with E-state index in [2.05, 4.69) is 0 Å². The molecule has 8 heteroatoms. The Morgan fingerprint density at radius 1 is 1.06 bits per heavy atom. The molecule has 0 aliphatic carbocycles. The molecule has 3 aromatic rings. The summed E-state index contributed by atoms with van der Waals surface area (Å²) in [5, 5.41) is 2.03. The molecule has 36 heavy (non-hydrogen) atoms. The molecule has 0 spiro atoms. The van der Waals surface area contributed by atoms with Gasteiger partial charge in [0.1, 0.15) is 5.82 Å². The maximum Gasteiger partial charge on any atom is 0.223 e. The molecule has 4 rings (SSSR count). The first-order chi connectivity index (χ1) is 17.4. The lowest BCUT2D eigenvalue weighted by atomic mass is 9.93. The molecule has 6 nitrogen and oxygen atoms in total. The Morgan fingerprint density at radius 3 is 2.53 bits per heavy atom. The van der Waals surface area contributed by atoms with Crippen LogP contribution in [0.3, 0.4) is 0 Å². The molecule has 1 atom stereocenters. The largest absolute Gasteiger partial charge is 0.493 e. The molecule has 0 saturated heterocycles. The molecular weight excluding hydrogens is 479 g/mol. The second-order valence-corrected chi connectivity index (χ2v) is 9.85. The lowest BCUT2D eigenvalue weighted by Gasteiger charge is -2.36. The van der Waals surface area contributed by atoms with E-state index < -0.39 is 0 Å². The van der Waals surface area contributed by atoms with Crippen LogP contribution in [0, 0.1) is 5.82 Å². The monoisotopic (exact) mass is 510 g/mol. The number of fused-ring (bicyclic) bond motifs is 1. The summed E-state index contributed by atoms with van der Waals surface area (Å²) in [5.74, 6) is 0.869. The van der Waals surface area contributed by atoms with Crippen LogP contribution in [0.5, 0.6) is 11.5 Å². The average molecular weight is 511 g/mol. The summed E-state index contributed by atoms with van der Waals surface area (Å²) in [6.07, 6.45) is 1.73. The number of halogens is 1. The van der Waals surface area contributed by atoms with Crippen molar-refractivity contribution in [2.24, 2.45) is 0 Å². The Labute approximate surface area is 215 Å². The zero-order chi connectivity index (χ0) is 25.7. The first-order valence-electron chi connectivity index (χ1n) is 12.0. The van der Waals surface area contributed by atoms with Crippen LogP contribution in [0.4, 0.5) is 4.39 Å². The van der Waals surface area contributed by atoms with Gasteiger partial charge in [-0.15, -0.1) is 11.3 Å². The third-order valence-electron chi connectivity index (χ3n) is 6.63. The summed E-state index contributed by atoms with van der Waals surface area (Å²) in [7, 11) is 4.94. The zero-order valence-electron chi connectivity index (χ0n) is 20.8. The zero-order valence-corrected chi connectivity index (χ0v) is 21.6. The number of carbonyl (C=O) groups excluding carboxylic acids is 2. The predicted octanol–water partition coefficient (Wildman–Crippen LogP) is 4.86. The van der Waals surface area contributed by atoms with E-state index >= 15 is 0 Å². The Bertz CT molecular complexity index is 1210. The van der Waals surface area contributed by atoms with Gasteiger partial charge in [-0.05, 0) is 65.2 Å². The number of carbonyl (C=O) groups is 2. The lowest BCUT2D eigenvalue weighted by Crippen LogP contribution is -2.40. The van der Waals surface area contributed by atoms with Crippen molar-refractivity contribution in [3.8, 4) is 11.5 Å². The van der Waals surface area contributed by atoms with Crippen molar-refractivity contribution < 1.29 is 23.5 Å². The average Bonchev–Trinajstić information content (AvgIpc) is 3.39. The summed E-state index contributed by atoms with van der Waals surface area (Å²) in [6, 6.07) is 13.8. The maximum atomic E-state index is 13.5. The van der Waals surface area contributed by atoms with Gasteiger partial charge >= 0.3 is 0 Å². The molecule has 0 radical (unpaired) electrons. The molecule has 2 aromatic carbocycles. The molecule has 1 unspecified atom stereocenters. The number of methoxy groups -OCH3 is 2. The Morgan fingerprint density at radius 2 is 1.81 bits per heavy atom. The van der Waals surface area contributed by atoms with Crippen LogP contribution in [-0.2, 0) is 22.4 Å². The van der Waals surface area contributed by atoms with Crippen molar-refractivity contribution in [3.05, 3.63) is 81.3 Å². The highest BCUT2D eigenvalue weighted by molar-refractivity contribution is 7.10. The molecule has 0 saturated carbocycles. The number of hydrogen-bond acceptors (Lipinski definition) is 5. The summed E-state index contributed by atoms with van der Waals surface area (Å²) >= 11 is 1.68. The van der Waals surface area contributed by atoms with E-state index in [9.17, 15) is 14.0 Å². The van der Waals surface area contributed by atoms with Gasteiger partial charge in [0.05, 0.1) is 20.3 Å². The van der Waals surface area contributed by atoms with Crippen molar-refractivity contribution in [2.75, 3.05) is 34.4 Å². The Balaban J connectivity index is 1.36. The van der Waals surface area contributed by atoms with Crippen LogP contribution in [0.1, 0.15) is 40.5 Å². The highest BCUT2D eigenvalue weighted by Gasteiger charge is 2.32. The number of likely N-dealkylation sites (N-methyl/N-ethyl adjacent to an activating group) is 1. The quantitative estimate of drug-likeness (QED) is 0.413. The third kappa shape index (κ3) is 5.70. The van der Waals surface area contributed by atoms with Gasteiger partial charge in [0.15, 0.2) is 11.5 Å². The maximum absolute atomic E-state index is 13.5. The number of hydrogen-bond donors (Lipinski definition) is 0. The van der Waals surface area contributed by atoms with Gasteiger partial charge in [0.2, 0.25) is 11.8 Å². The number of benzene rings is 2. The highest BCUT2D eigenvalue weighted by Crippen LogP contribution is 2.38. The van der Waals surface area contributed by atoms with E-state index in [1.54, 1.807) is 49.6 Å². The number of ether oxygens (including phenoxy) is 2. The van der Waals surface area contributed by atoms with Crippen LogP contribution >= 0.6 is 11.3 Å². The van der Waals surface area contributed by atoms with Gasteiger partial charge in [-0.2, -0.15) is 0 Å². The Kier molecular flexibility index (Phi) is 8.25. The smallest absolute Gasteiger partial charge is 0.223 e. The molecule has 1 aromatic heterocycles. The minimum absolute atomic E-state index is 0.0668. The van der Waals surface area contributed by atoms with Crippen molar-refractivity contribution in [2.45, 2.75) is 31.7 Å². The molecule has 2 heterocycles. The van der Waals surface area contributed by atoms with Gasteiger partial charge in [0.25, 0.3) is 0 Å². The van der Waals surface area contributed by atoms with E-state index in [1.165, 1.54) is 17.0 Å². The minimum Gasteiger partial charge on any atom is -0.493 e. The van der Waals surface area contributed by atoms with Crippen molar-refractivity contribution in [3.63, 3.8) is 0 Å². The third-order valence-corrected chi connectivity index (χ3v) is 7.63. The summed E-state index contributed by atoms with van der Waals surface area (Å²) in [4.78, 5) is 30.8. The number of thiophene rings is 1. The van der Waals surface area contributed by atoms with Crippen molar-refractivity contribution in [1.29, 1.82) is 0 Å². The van der Waals surface area contributed by atoms with Gasteiger partial charge in [-0.25, -0.2) is 4.39 Å². The van der Waals surface area contributed by atoms with E-state index in [4.69, 9.17) is 9.47 Å². The topological polar surface area (TPSA) is 59.1 Å². The van der Waals surface area contributed by atoms with Crippen LogP contribution in [-0.4, -0.2) is 56.0 Å². The molecule has 1 aliphatic heterocycles. The van der Waals surface area contributed by atoms with E-state index in [0.29, 0.717) is 31.0 Å². The number of amides is 2. The normalized spacial score (nSPS) is 14.8. The fourth-order valence-corrected chi connectivity index (χ4v) is 5.50. The second kappa shape index (κ2) is 11.6. The van der Waals surface area contributed by atoms with Gasteiger partial charge in [-0.1, -0.05) is 18.2 Å². The van der Waals surface area contributed by atoms with Crippen LogP contribution < -0.4 is 9.47 Å². The molecule has 0 N–H and O–H groups in total. The second-order valence-electron chi connectivity index (χ2n) is 8.84. The van der Waals surface area contributed by atoms with E-state index in [-0.39, 0.29) is 36.5 Å². The fourth-order valence-electron chi connectivity index (χ4n) is 4.60. The molecule has 0 bridgehead atoms. The van der Waals surface area contributed by atoms with Crippen LogP contribution in [0.15, 0.2) is 53.9 Å². The summed E-state index contributed by atoms with van der Waals surface area (Å²) in [5.41, 5.74) is 3.00. The van der Waals surface area contributed by atoms with E-state index in [0.717, 1.165) is 23.1 Å². The number of rotatable bonds is 9. The van der Waals surface area contributed by atoms with Gasteiger partial charge < -0.3 is 19.3 Å². The standard InChI is InChI=1S/C28H31FN2O4S/c1-30(15-12-19-4-9-23(34-2)24(18-19)35-3)26(32)10-11-27(33)31-16-13-25-22(14-17-36-25)28(31)20-5-7-21(29)8-6-20/h4-9,14,17-18,28H,10-13,15-16H2,1-3H3. The van der Waals surface area contributed by atoms with Gasteiger partial charge in [-0.3, -0.25) is 9.59 Å². The highest BCUT2D eigenvalue weighted by atomic mass is 32.1. The molecule has 190 valence electrons. The molecule has 0 fully saturated rings. The SMILES string of the molecule is COc1ccc(CCN(C)C(=O)CCC(=O)N2CCc3sccc3C2c2ccc(F)cc2)cc1OC. The fraction of sp³-hybridized carbons (Fsp3) is 0.357. The van der Waals surface area contributed by atoms with Crippen LogP contribution in [0.25, 0.3) is 0 Å². The van der Waals surface area contributed by atoms with Crippen molar-refractivity contribution >= 4 is 23.2 Å². The lowest BCUT2D eigenvalue weighted by molar-refractivity contribution is -0.137. The molecule has 2 amide bonds. The Hall–Kier alpha value is -3.39. The summed E-state index contributed by atoms with van der Waals surface area (Å²) < 4.78 is 24.2. The first kappa shape index (κ1) is 25.7. The number of nitrogens with zero attached hydrogens (tertiary/aromatic N) is 2. The molecule has 1 aliphatic rings. The van der Waals surface area contributed by atoms with E-state index in [1.807, 2.05) is 34.5 Å². The molecular formula is C28H31FN2O4S. The first-order valence-corrected chi connectivity index (χ1v) is 12.8.